The highest BCUT2D eigenvalue weighted by molar-refractivity contribution is 7.26. The Morgan fingerprint density at radius 1 is 0.179 bits per heavy atom. The van der Waals surface area contributed by atoms with Gasteiger partial charge in [0.1, 0.15) is 0 Å². The fourth-order valence-corrected chi connectivity index (χ4v) is 11.6. The number of benzene rings is 12. The summed E-state index contributed by atoms with van der Waals surface area (Å²) >= 11 is 1.88. The lowest BCUT2D eigenvalue weighted by Crippen LogP contribution is -1.88. The standard InChI is InChI=1S/C66H42S/c1-2-15-43(16-3-1)53-39-54(41-55(40-53)50-23-13-24-52(38-50)56-30-14-31-63-62-29-8-9-32-65(62)67-66(56)63)49-22-12-20-47(37-49)45-18-10-17-44(35-45)46-19-11-21-48(36-46)51-33-34-61-59-27-5-4-25-57(59)58-26-6-7-28-60(58)64(61)42-51/h1-42H. The monoisotopic (exact) mass is 866 g/mol. The van der Waals surface area contributed by atoms with Crippen LogP contribution in [0, 0.1) is 0 Å². The molecule has 1 heteroatoms. The Hall–Kier alpha value is -8.36. The molecule has 0 N–H and O–H groups in total. The normalized spacial score (nSPS) is 11.6. The third kappa shape index (κ3) is 7.00. The zero-order valence-electron chi connectivity index (χ0n) is 36.7. The molecule has 0 spiro atoms. The smallest absolute Gasteiger partial charge is 0.0433 e. The molecule has 67 heavy (non-hydrogen) atoms. The van der Waals surface area contributed by atoms with Crippen molar-refractivity contribution < 1.29 is 0 Å². The lowest BCUT2D eigenvalue weighted by molar-refractivity contribution is 1.55. The molecule has 12 aromatic carbocycles. The molecule has 0 fully saturated rings. The van der Waals surface area contributed by atoms with Crippen molar-refractivity contribution in [1.82, 2.24) is 0 Å². The molecule has 0 bridgehead atoms. The highest BCUT2D eigenvalue weighted by Gasteiger charge is 2.15. The molecule has 0 atom stereocenters. The van der Waals surface area contributed by atoms with Crippen LogP contribution >= 0.6 is 11.3 Å². The van der Waals surface area contributed by atoms with E-state index in [1.165, 1.54) is 130 Å². The van der Waals surface area contributed by atoms with Crippen LogP contribution in [0.2, 0.25) is 0 Å². The van der Waals surface area contributed by atoms with Crippen LogP contribution in [-0.4, -0.2) is 0 Å². The fourth-order valence-electron chi connectivity index (χ4n) is 10.3. The summed E-state index contributed by atoms with van der Waals surface area (Å²) in [6.45, 7) is 0. The Morgan fingerprint density at radius 3 is 1.07 bits per heavy atom. The topological polar surface area (TPSA) is 0 Å². The second-order valence-corrected chi connectivity index (χ2v) is 18.7. The molecule has 0 amide bonds. The van der Waals surface area contributed by atoms with E-state index >= 15 is 0 Å². The maximum Gasteiger partial charge on any atom is 0.0433 e. The molecule has 0 aliphatic rings. The van der Waals surface area contributed by atoms with Crippen LogP contribution in [0.15, 0.2) is 255 Å². The Kier molecular flexibility index (Phi) is 9.48. The lowest BCUT2D eigenvalue weighted by atomic mass is 9.90. The van der Waals surface area contributed by atoms with E-state index in [1.807, 2.05) is 11.3 Å². The highest BCUT2D eigenvalue weighted by Crippen LogP contribution is 2.43. The van der Waals surface area contributed by atoms with Crippen LogP contribution in [-0.2, 0) is 0 Å². The Bertz CT molecular complexity index is 4000. The maximum atomic E-state index is 2.38. The van der Waals surface area contributed by atoms with Gasteiger partial charge in [0.05, 0.1) is 0 Å². The minimum absolute atomic E-state index is 1.19. The van der Waals surface area contributed by atoms with E-state index in [0.29, 0.717) is 0 Å². The van der Waals surface area contributed by atoms with Crippen molar-refractivity contribution in [3.63, 3.8) is 0 Å². The van der Waals surface area contributed by atoms with Crippen LogP contribution in [0.3, 0.4) is 0 Å². The molecule has 0 aliphatic carbocycles. The average Bonchev–Trinajstić information content (AvgIpc) is 3.80. The van der Waals surface area contributed by atoms with Crippen molar-refractivity contribution in [3.05, 3.63) is 255 Å². The van der Waals surface area contributed by atoms with Gasteiger partial charge >= 0.3 is 0 Å². The summed E-state index contributed by atoms with van der Waals surface area (Å²) in [4.78, 5) is 0. The Balaban J connectivity index is 0.861. The summed E-state index contributed by atoms with van der Waals surface area (Å²) in [5, 5.41) is 10.4. The van der Waals surface area contributed by atoms with Crippen molar-refractivity contribution >= 4 is 63.8 Å². The van der Waals surface area contributed by atoms with E-state index in [0.717, 1.165) is 0 Å². The summed E-state index contributed by atoms with van der Waals surface area (Å²) in [5.74, 6) is 0. The van der Waals surface area contributed by atoms with Gasteiger partial charge < -0.3 is 0 Å². The van der Waals surface area contributed by atoms with Gasteiger partial charge in [-0.1, -0.05) is 200 Å². The SMILES string of the molecule is c1ccc(-c2cc(-c3cccc(-c4cccc(-c5cccc(-c6ccc7c8ccccc8c8ccccc8c7c6)c5)c4)c3)cc(-c3cccc(-c4cccc5c4sc4ccccc45)c3)c2)cc1. The van der Waals surface area contributed by atoms with Gasteiger partial charge in [-0.3, -0.25) is 0 Å². The van der Waals surface area contributed by atoms with Gasteiger partial charge in [-0.05, 0) is 165 Å². The summed E-state index contributed by atoms with van der Waals surface area (Å²) in [6, 6.07) is 94.0. The molecule has 0 saturated carbocycles. The molecular weight excluding hydrogens is 825 g/mol. The van der Waals surface area contributed by atoms with Crippen molar-refractivity contribution in [1.29, 1.82) is 0 Å². The van der Waals surface area contributed by atoms with Gasteiger partial charge in [-0.25, -0.2) is 0 Å². The molecule has 0 aliphatic heterocycles. The Labute approximate surface area is 394 Å². The van der Waals surface area contributed by atoms with E-state index in [2.05, 4.69) is 255 Å². The molecule has 13 aromatic rings. The van der Waals surface area contributed by atoms with Gasteiger partial charge in [0.25, 0.3) is 0 Å². The molecule has 312 valence electrons. The maximum absolute atomic E-state index is 2.38. The molecule has 0 nitrogen and oxygen atoms in total. The summed E-state index contributed by atoms with van der Waals surface area (Å²) in [7, 11) is 0. The second-order valence-electron chi connectivity index (χ2n) is 17.6. The third-order valence-corrected chi connectivity index (χ3v) is 14.8. The predicted octanol–water partition coefficient (Wildman–Crippen LogP) is 19.2. The third-order valence-electron chi connectivity index (χ3n) is 13.6. The fraction of sp³-hybridized carbons (Fsp3) is 0. The largest absolute Gasteiger partial charge is 0.135 e. The first-order valence-electron chi connectivity index (χ1n) is 23.1. The van der Waals surface area contributed by atoms with Crippen molar-refractivity contribution in [2.75, 3.05) is 0 Å². The average molecular weight is 867 g/mol. The van der Waals surface area contributed by atoms with E-state index in [1.54, 1.807) is 0 Å². The first-order chi connectivity index (χ1) is 33.2. The van der Waals surface area contributed by atoms with E-state index in [-0.39, 0.29) is 0 Å². The quantitative estimate of drug-likeness (QED) is 0.140. The Morgan fingerprint density at radius 2 is 0.522 bits per heavy atom. The highest BCUT2D eigenvalue weighted by atomic mass is 32.1. The number of fused-ring (bicyclic) bond motifs is 9. The molecule has 0 saturated heterocycles. The van der Waals surface area contributed by atoms with Gasteiger partial charge in [0.2, 0.25) is 0 Å². The van der Waals surface area contributed by atoms with Crippen LogP contribution in [0.1, 0.15) is 0 Å². The summed E-state index contributed by atoms with van der Waals surface area (Å²) in [5.41, 5.74) is 16.9. The van der Waals surface area contributed by atoms with Gasteiger partial charge in [-0.2, -0.15) is 0 Å². The minimum Gasteiger partial charge on any atom is -0.135 e. The van der Waals surface area contributed by atoms with Crippen molar-refractivity contribution in [3.8, 4) is 77.9 Å². The molecule has 1 aromatic heterocycles. The van der Waals surface area contributed by atoms with E-state index in [4.69, 9.17) is 0 Å². The molecule has 0 unspecified atom stereocenters. The van der Waals surface area contributed by atoms with Crippen LogP contribution in [0.25, 0.3) is 130 Å². The zero-order chi connectivity index (χ0) is 44.3. The van der Waals surface area contributed by atoms with Crippen LogP contribution in [0.4, 0.5) is 0 Å². The number of hydrogen-bond donors (Lipinski definition) is 0. The number of thiophene rings is 1. The number of rotatable bonds is 7. The summed E-state index contributed by atoms with van der Waals surface area (Å²) in [6.07, 6.45) is 0. The van der Waals surface area contributed by atoms with Crippen LogP contribution < -0.4 is 0 Å². The van der Waals surface area contributed by atoms with Crippen molar-refractivity contribution in [2.24, 2.45) is 0 Å². The zero-order valence-corrected chi connectivity index (χ0v) is 37.5. The van der Waals surface area contributed by atoms with Gasteiger partial charge in [0, 0.05) is 20.2 Å². The minimum atomic E-state index is 1.19. The van der Waals surface area contributed by atoms with Gasteiger partial charge in [-0.15, -0.1) is 11.3 Å². The van der Waals surface area contributed by atoms with Gasteiger partial charge in [0.15, 0.2) is 0 Å². The molecule has 0 radical (unpaired) electrons. The molecule has 1 heterocycles. The van der Waals surface area contributed by atoms with Crippen LogP contribution in [0.5, 0.6) is 0 Å². The van der Waals surface area contributed by atoms with Crippen molar-refractivity contribution in [2.45, 2.75) is 0 Å². The predicted molar refractivity (Wildman–Crippen MR) is 290 cm³/mol. The molecular formula is C66H42S. The lowest BCUT2D eigenvalue weighted by Gasteiger charge is -2.14. The molecule has 13 rings (SSSR count). The number of hydrogen-bond acceptors (Lipinski definition) is 1. The van der Waals surface area contributed by atoms with E-state index < -0.39 is 0 Å². The summed E-state index contributed by atoms with van der Waals surface area (Å²) < 4.78 is 2.66. The first kappa shape index (κ1) is 39.0. The first-order valence-corrected chi connectivity index (χ1v) is 23.9. The second kappa shape index (κ2) is 16.3. The van der Waals surface area contributed by atoms with E-state index in [9.17, 15) is 0 Å².